The van der Waals surface area contributed by atoms with E-state index in [4.69, 9.17) is 15.2 Å². The molecule has 0 amide bonds. The van der Waals surface area contributed by atoms with Gasteiger partial charge in [-0.25, -0.2) is 4.98 Å². The van der Waals surface area contributed by atoms with Crippen LogP contribution in [0.5, 0.6) is 17.4 Å². The predicted molar refractivity (Wildman–Crippen MR) is 115 cm³/mol. The molecule has 0 bridgehead atoms. The number of hydrogen-bond donors (Lipinski definition) is 1. The first-order chi connectivity index (χ1) is 14.2. The SMILES string of the molecule is COc1ccccc1Oc1ncnc(N2CCC(Cc3ccccc3)CC2)c1N. The minimum Gasteiger partial charge on any atom is -0.493 e. The highest BCUT2D eigenvalue weighted by Crippen LogP contribution is 2.36. The maximum absolute atomic E-state index is 6.38. The summed E-state index contributed by atoms with van der Waals surface area (Å²) in [4.78, 5) is 10.9. The molecule has 1 fully saturated rings. The summed E-state index contributed by atoms with van der Waals surface area (Å²) in [6.07, 6.45) is 4.85. The molecule has 1 aromatic heterocycles. The second-order valence-electron chi connectivity index (χ2n) is 7.29. The van der Waals surface area contributed by atoms with Crippen LogP contribution in [-0.4, -0.2) is 30.2 Å². The fourth-order valence-corrected chi connectivity index (χ4v) is 3.81. The molecule has 2 aromatic carbocycles. The quantitative estimate of drug-likeness (QED) is 0.676. The van der Waals surface area contributed by atoms with Crippen molar-refractivity contribution in [1.29, 1.82) is 0 Å². The molecule has 0 atom stereocenters. The number of nitrogens with two attached hydrogens (primary N) is 1. The van der Waals surface area contributed by atoms with Gasteiger partial charge in [0.25, 0.3) is 0 Å². The Morgan fingerprint density at radius 3 is 2.38 bits per heavy atom. The minimum absolute atomic E-state index is 0.353. The number of para-hydroxylation sites is 2. The molecule has 150 valence electrons. The van der Waals surface area contributed by atoms with Crippen LogP contribution in [0.3, 0.4) is 0 Å². The van der Waals surface area contributed by atoms with Gasteiger partial charge in [-0.15, -0.1) is 0 Å². The largest absolute Gasteiger partial charge is 0.493 e. The van der Waals surface area contributed by atoms with Crippen LogP contribution in [0, 0.1) is 5.92 Å². The lowest BCUT2D eigenvalue weighted by atomic mass is 9.90. The average molecular weight is 390 g/mol. The Morgan fingerprint density at radius 2 is 1.66 bits per heavy atom. The summed E-state index contributed by atoms with van der Waals surface area (Å²) in [5, 5.41) is 0. The molecule has 29 heavy (non-hydrogen) atoms. The normalized spacial score (nSPS) is 14.6. The number of piperidine rings is 1. The molecule has 0 aliphatic carbocycles. The zero-order chi connectivity index (χ0) is 20.1. The van der Waals surface area contributed by atoms with Gasteiger partial charge in [-0.2, -0.15) is 4.98 Å². The molecule has 1 saturated heterocycles. The Labute approximate surface area is 171 Å². The van der Waals surface area contributed by atoms with E-state index < -0.39 is 0 Å². The smallest absolute Gasteiger partial charge is 0.248 e. The van der Waals surface area contributed by atoms with E-state index in [0.717, 1.165) is 38.2 Å². The van der Waals surface area contributed by atoms with Crippen molar-refractivity contribution in [3.8, 4) is 17.4 Å². The fourth-order valence-electron chi connectivity index (χ4n) is 3.81. The van der Waals surface area contributed by atoms with Crippen molar-refractivity contribution in [2.45, 2.75) is 19.3 Å². The van der Waals surface area contributed by atoms with Crippen LogP contribution in [0.2, 0.25) is 0 Å². The third-order valence-corrected chi connectivity index (χ3v) is 5.38. The van der Waals surface area contributed by atoms with Crippen LogP contribution in [-0.2, 0) is 6.42 Å². The lowest BCUT2D eigenvalue weighted by molar-refractivity contribution is 0.374. The van der Waals surface area contributed by atoms with Gasteiger partial charge in [0, 0.05) is 13.1 Å². The number of aromatic nitrogens is 2. The molecule has 0 spiro atoms. The zero-order valence-electron chi connectivity index (χ0n) is 16.6. The van der Waals surface area contributed by atoms with Gasteiger partial charge in [-0.3, -0.25) is 0 Å². The summed E-state index contributed by atoms with van der Waals surface area (Å²) < 4.78 is 11.3. The number of methoxy groups -OCH3 is 1. The van der Waals surface area contributed by atoms with Gasteiger partial charge in [0.15, 0.2) is 17.3 Å². The highest BCUT2D eigenvalue weighted by molar-refractivity contribution is 5.68. The summed E-state index contributed by atoms with van der Waals surface area (Å²) >= 11 is 0. The van der Waals surface area contributed by atoms with E-state index in [1.807, 2.05) is 24.3 Å². The molecule has 2 N–H and O–H groups in total. The first-order valence-corrected chi connectivity index (χ1v) is 9.95. The van der Waals surface area contributed by atoms with Gasteiger partial charge >= 0.3 is 0 Å². The van der Waals surface area contributed by atoms with Gasteiger partial charge in [0.1, 0.15) is 12.0 Å². The van der Waals surface area contributed by atoms with Crippen molar-refractivity contribution in [3.63, 3.8) is 0 Å². The molecule has 4 rings (SSSR count). The Kier molecular flexibility index (Phi) is 5.79. The number of benzene rings is 2. The van der Waals surface area contributed by atoms with Crippen LogP contribution in [0.1, 0.15) is 18.4 Å². The van der Waals surface area contributed by atoms with Gasteiger partial charge in [-0.05, 0) is 42.9 Å². The third kappa shape index (κ3) is 4.42. The monoisotopic (exact) mass is 390 g/mol. The highest BCUT2D eigenvalue weighted by Gasteiger charge is 2.23. The summed E-state index contributed by atoms with van der Waals surface area (Å²) in [5.74, 6) is 2.98. The van der Waals surface area contributed by atoms with Crippen LogP contribution in [0.4, 0.5) is 11.5 Å². The summed E-state index contributed by atoms with van der Waals surface area (Å²) in [6.45, 7) is 1.85. The van der Waals surface area contributed by atoms with Crippen LogP contribution in [0.15, 0.2) is 60.9 Å². The minimum atomic E-state index is 0.353. The number of ether oxygens (including phenoxy) is 2. The summed E-state index contributed by atoms with van der Waals surface area (Å²) in [5.41, 5.74) is 8.24. The molecular formula is C23H26N4O2. The van der Waals surface area contributed by atoms with E-state index in [-0.39, 0.29) is 0 Å². The van der Waals surface area contributed by atoms with Crippen molar-refractivity contribution in [2.75, 3.05) is 30.8 Å². The Morgan fingerprint density at radius 1 is 0.966 bits per heavy atom. The lowest BCUT2D eigenvalue weighted by Gasteiger charge is -2.33. The number of anilines is 2. The standard InChI is InChI=1S/C23H26N4O2/c1-28-19-9-5-6-10-20(19)29-23-21(24)22(25-16-26-23)27-13-11-18(12-14-27)15-17-7-3-2-4-8-17/h2-10,16,18H,11-15,24H2,1H3. The number of nitrogens with zero attached hydrogens (tertiary/aromatic N) is 3. The molecule has 0 saturated carbocycles. The maximum atomic E-state index is 6.38. The van der Waals surface area contributed by atoms with E-state index in [1.165, 1.54) is 11.9 Å². The first kappa shape index (κ1) is 19.1. The van der Waals surface area contributed by atoms with Gasteiger partial charge < -0.3 is 20.1 Å². The van der Waals surface area contributed by atoms with Crippen molar-refractivity contribution in [3.05, 3.63) is 66.5 Å². The maximum Gasteiger partial charge on any atom is 0.248 e. The molecule has 1 aliphatic heterocycles. The fraction of sp³-hybridized carbons (Fsp3) is 0.304. The Bertz CT molecular complexity index is 941. The molecule has 1 aliphatic rings. The van der Waals surface area contributed by atoms with Crippen LogP contribution >= 0.6 is 0 Å². The second-order valence-corrected chi connectivity index (χ2v) is 7.29. The predicted octanol–water partition coefficient (Wildman–Crippen LogP) is 4.32. The molecule has 0 radical (unpaired) electrons. The second kappa shape index (κ2) is 8.82. The third-order valence-electron chi connectivity index (χ3n) is 5.38. The Hall–Kier alpha value is -3.28. The topological polar surface area (TPSA) is 73.5 Å². The molecular weight excluding hydrogens is 364 g/mol. The van der Waals surface area contributed by atoms with E-state index in [2.05, 4.69) is 45.2 Å². The molecule has 6 heteroatoms. The van der Waals surface area contributed by atoms with Gasteiger partial charge in [0.2, 0.25) is 5.88 Å². The average Bonchev–Trinajstić information content (AvgIpc) is 2.77. The molecule has 3 aromatic rings. The molecule has 2 heterocycles. The van der Waals surface area contributed by atoms with E-state index >= 15 is 0 Å². The lowest BCUT2D eigenvalue weighted by Crippen LogP contribution is -2.35. The summed E-state index contributed by atoms with van der Waals surface area (Å²) in [7, 11) is 1.61. The van der Waals surface area contributed by atoms with E-state index in [9.17, 15) is 0 Å². The Balaban J connectivity index is 1.44. The van der Waals surface area contributed by atoms with Crippen molar-refractivity contribution in [1.82, 2.24) is 9.97 Å². The number of nitrogen functional groups attached to an aromatic ring is 1. The van der Waals surface area contributed by atoms with Gasteiger partial charge in [0.05, 0.1) is 7.11 Å². The highest BCUT2D eigenvalue weighted by atomic mass is 16.5. The van der Waals surface area contributed by atoms with E-state index in [0.29, 0.717) is 29.0 Å². The van der Waals surface area contributed by atoms with Crippen molar-refractivity contribution < 1.29 is 9.47 Å². The summed E-state index contributed by atoms with van der Waals surface area (Å²) in [6, 6.07) is 18.1. The van der Waals surface area contributed by atoms with Crippen LogP contribution in [0.25, 0.3) is 0 Å². The van der Waals surface area contributed by atoms with Gasteiger partial charge in [-0.1, -0.05) is 42.5 Å². The molecule has 6 nitrogen and oxygen atoms in total. The first-order valence-electron chi connectivity index (χ1n) is 9.95. The van der Waals surface area contributed by atoms with Crippen molar-refractivity contribution in [2.24, 2.45) is 5.92 Å². The number of rotatable bonds is 6. The number of hydrogen-bond acceptors (Lipinski definition) is 6. The van der Waals surface area contributed by atoms with Crippen LogP contribution < -0.4 is 20.1 Å². The van der Waals surface area contributed by atoms with E-state index in [1.54, 1.807) is 7.11 Å². The molecule has 0 unspecified atom stereocenters. The van der Waals surface area contributed by atoms with Crippen molar-refractivity contribution >= 4 is 11.5 Å². The zero-order valence-corrected chi connectivity index (χ0v) is 16.6.